The fourth-order valence-corrected chi connectivity index (χ4v) is 4.30. The van der Waals surface area contributed by atoms with Gasteiger partial charge in [-0.1, -0.05) is 18.2 Å². The molecule has 0 saturated carbocycles. The molecule has 8 heteroatoms. The number of anilines is 2. The predicted octanol–water partition coefficient (Wildman–Crippen LogP) is 3.53. The first-order valence-corrected chi connectivity index (χ1v) is 9.55. The number of carbonyl (C=O) groups excluding carboxylic acids is 1. The summed E-state index contributed by atoms with van der Waals surface area (Å²) < 4.78 is 11.5. The van der Waals surface area contributed by atoms with Crippen LogP contribution in [0.25, 0.3) is 21.1 Å². The van der Waals surface area contributed by atoms with Crippen LogP contribution in [0, 0.1) is 0 Å². The van der Waals surface area contributed by atoms with Gasteiger partial charge in [-0.05, 0) is 28.5 Å². The number of amides is 1. The molecule has 0 bridgehead atoms. The Hall–Kier alpha value is -2.97. The quantitative estimate of drug-likeness (QED) is 0.586. The number of rotatable bonds is 3. The van der Waals surface area contributed by atoms with Gasteiger partial charge in [0.2, 0.25) is 0 Å². The summed E-state index contributed by atoms with van der Waals surface area (Å²) in [5, 5.41) is 13.8. The van der Waals surface area contributed by atoms with Crippen LogP contribution in [0.3, 0.4) is 0 Å². The van der Waals surface area contributed by atoms with Gasteiger partial charge in [0.05, 0.1) is 30.2 Å². The second-order valence-corrected chi connectivity index (χ2v) is 7.20. The average molecular weight is 380 g/mol. The molecule has 2 aromatic heterocycles. The third-order valence-corrected chi connectivity index (χ3v) is 5.68. The van der Waals surface area contributed by atoms with Gasteiger partial charge >= 0.3 is 0 Å². The van der Waals surface area contributed by atoms with Crippen LogP contribution in [-0.2, 0) is 4.74 Å². The third kappa shape index (κ3) is 2.83. The lowest BCUT2D eigenvalue weighted by molar-refractivity contribution is 0.102. The van der Waals surface area contributed by atoms with Crippen LogP contribution < -0.4 is 10.2 Å². The van der Waals surface area contributed by atoms with Gasteiger partial charge in [-0.15, -0.1) is 11.3 Å². The van der Waals surface area contributed by atoms with Gasteiger partial charge in [0.25, 0.3) is 5.91 Å². The van der Waals surface area contributed by atoms with Gasteiger partial charge in [0, 0.05) is 28.6 Å². The molecule has 1 N–H and O–H groups in total. The largest absolute Gasteiger partial charge is 0.378 e. The minimum Gasteiger partial charge on any atom is -0.378 e. The minimum absolute atomic E-state index is 0.170. The molecular weight excluding hydrogens is 364 g/mol. The Morgan fingerprint density at radius 1 is 1.07 bits per heavy atom. The Balaban J connectivity index is 1.49. The van der Waals surface area contributed by atoms with E-state index >= 15 is 0 Å². The topological polar surface area (TPSA) is 80.5 Å². The van der Waals surface area contributed by atoms with Gasteiger partial charge in [-0.25, -0.2) is 4.63 Å². The van der Waals surface area contributed by atoms with Crippen molar-refractivity contribution in [1.82, 2.24) is 10.3 Å². The zero-order chi connectivity index (χ0) is 18.2. The highest BCUT2D eigenvalue weighted by molar-refractivity contribution is 7.17. The molecule has 1 aliphatic rings. The summed E-state index contributed by atoms with van der Waals surface area (Å²) >= 11 is 1.55. The summed E-state index contributed by atoms with van der Waals surface area (Å²) in [5.74, 6) is -0.170. The fraction of sp³-hybridized carbons (Fsp3) is 0.211. The van der Waals surface area contributed by atoms with E-state index in [4.69, 9.17) is 9.37 Å². The molecule has 5 rings (SSSR count). The molecule has 0 unspecified atom stereocenters. The van der Waals surface area contributed by atoms with E-state index < -0.39 is 0 Å². The number of ether oxygens (including phenoxy) is 1. The maximum absolute atomic E-state index is 12.8. The number of carbonyl (C=O) groups is 1. The standard InChI is InChI=1S/C19H16N4O3S/c24-19(13-11-27-16-4-2-1-3-12(13)16)20-14-5-6-15(18-17(14)21-26-22-18)23-7-9-25-10-8-23/h1-6,11H,7-10H2,(H,20,24). The summed E-state index contributed by atoms with van der Waals surface area (Å²) in [4.78, 5) is 15.0. The Bertz CT molecular complexity index is 1130. The predicted molar refractivity (Wildman–Crippen MR) is 105 cm³/mol. The van der Waals surface area contributed by atoms with Crippen molar-refractivity contribution in [2.75, 3.05) is 36.5 Å². The van der Waals surface area contributed by atoms with Gasteiger partial charge in [-0.2, -0.15) is 0 Å². The van der Waals surface area contributed by atoms with Crippen LogP contribution in [0.4, 0.5) is 11.4 Å². The molecule has 1 saturated heterocycles. The van der Waals surface area contributed by atoms with E-state index in [0.717, 1.165) is 28.9 Å². The number of nitrogens with one attached hydrogen (secondary N) is 1. The van der Waals surface area contributed by atoms with E-state index in [0.29, 0.717) is 35.5 Å². The molecule has 1 fully saturated rings. The number of fused-ring (bicyclic) bond motifs is 2. The molecular formula is C19H16N4O3S. The second-order valence-electron chi connectivity index (χ2n) is 6.29. The van der Waals surface area contributed by atoms with E-state index in [1.807, 2.05) is 41.8 Å². The van der Waals surface area contributed by atoms with Crippen LogP contribution in [0.2, 0.25) is 0 Å². The van der Waals surface area contributed by atoms with Crippen LogP contribution in [0.5, 0.6) is 0 Å². The summed E-state index contributed by atoms with van der Waals surface area (Å²) in [6.45, 7) is 2.93. The van der Waals surface area contributed by atoms with Crippen LogP contribution >= 0.6 is 11.3 Å². The molecule has 0 aliphatic carbocycles. The molecule has 2 aromatic carbocycles. The van der Waals surface area contributed by atoms with E-state index in [9.17, 15) is 4.79 Å². The molecule has 1 amide bonds. The fourth-order valence-electron chi connectivity index (χ4n) is 3.36. The number of morpholine rings is 1. The summed E-state index contributed by atoms with van der Waals surface area (Å²) in [5.41, 5.74) is 3.37. The number of benzene rings is 2. The maximum Gasteiger partial charge on any atom is 0.257 e. The monoisotopic (exact) mass is 380 g/mol. The van der Waals surface area contributed by atoms with Crippen molar-refractivity contribution in [2.45, 2.75) is 0 Å². The Labute approximate surface area is 158 Å². The molecule has 4 aromatic rings. The van der Waals surface area contributed by atoms with Crippen molar-refractivity contribution in [3.8, 4) is 0 Å². The minimum atomic E-state index is -0.170. The van der Waals surface area contributed by atoms with Crippen LogP contribution in [-0.4, -0.2) is 42.5 Å². The lowest BCUT2D eigenvalue weighted by Crippen LogP contribution is -2.36. The first-order chi connectivity index (χ1) is 13.3. The van der Waals surface area contributed by atoms with Crippen molar-refractivity contribution >= 4 is 49.7 Å². The van der Waals surface area contributed by atoms with E-state index in [-0.39, 0.29) is 5.91 Å². The normalized spacial score (nSPS) is 14.7. The average Bonchev–Trinajstić information content (AvgIpc) is 3.36. The SMILES string of the molecule is O=C(Nc1ccc(N2CCOCC2)c2nonc12)c1csc2ccccc12. The Morgan fingerprint density at radius 2 is 1.89 bits per heavy atom. The zero-order valence-electron chi connectivity index (χ0n) is 14.3. The summed E-state index contributed by atoms with van der Waals surface area (Å²) in [6.07, 6.45) is 0. The molecule has 7 nitrogen and oxygen atoms in total. The number of aromatic nitrogens is 2. The molecule has 0 spiro atoms. The van der Waals surface area contributed by atoms with Crippen LogP contribution in [0.15, 0.2) is 46.4 Å². The maximum atomic E-state index is 12.8. The number of hydrogen-bond donors (Lipinski definition) is 1. The van der Waals surface area contributed by atoms with Crippen molar-refractivity contribution < 1.29 is 14.2 Å². The summed E-state index contributed by atoms with van der Waals surface area (Å²) in [7, 11) is 0. The van der Waals surface area contributed by atoms with Gasteiger partial charge in [0.1, 0.15) is 0 Å². The molecule has 1 aliphatic heterocycles. The highest BCUT2D eigenvalue weighted by Gasteiger charge is 2.20. The van der Waals surface area contributed by atoms with E-state index in [2.05, 4.69) is 20.5 Å². The Morgan fingerprint density at radius 3 is 2.78 bits per heavy atom. The van der Waals surface area contributed by atoms with E-state index in [1.54, 1.807) is 11.3 Å². The lowest BCUT2D eigenvalue weighted by atomic mass is 10.1. The molecule has 0 atom stereocenters. The third-order valence-electron chi connectivity index (χ3n) is 4.72. The van der Waals surface area contributed by atoms with E-state index in [1.165, 1.54) is 0 Å². The second kappa shape index (κ2) is 6.64. The summed E-state index contributed by atoms with van der Waals surface area (Å²) in [6, 6.07) is 11.7. The van der Waals surface area contributed by atoms with Crippen molar-refractivity contribution in [1.29, 1.82) is 0 Å². The first kappa shape index (κ1) is 16.2. The molecule has 27 heavy (non-hydrogen) atoms. The van der Waals surface area contributed by atoms with Crippen molar-refractivity contribution in [2.24, 2.45) is 0 Å². The smallest absolute Gasteiger partial charge is 0.257 e. The van der Waals surface area contributed by atoms with Crippen molar-refractivity contribution in [3.63, 3.8) is 0 Å². The Kier molecular flexibility index (Phi) is 3.99. The number of hydrogen-bond acceptors (Lipinski definition) is 7. The zero-order valence-corrected chi connectivity index (χ0v) is 15.2. The highest BCUT2D eigenvalue weighted by Crippen LogP contribution is 2.32. The first-order valence-electron chi connectivity index (χ1n) is 8.67. The number of nitrogens with zero attached hydrogens (tertiary/aromatic N) is 3. The molecule has 0 radical (unpaired) electrons. The molecule has 3 heterocycles. The molecule has 136 valence electrons. The van der Waals surface area contributed by atoms with Gasteiger partial charge in [-0.3, -0.25) is 4.79 Å². The van der Waals surface area contributed by atoms with Crippen LogP contribution in [0.1, 0.15) is 10.4 Å². The number of thiophene rings is 1. The van der Waals surface area contributed by atoms with Crippen molar-refractivity contribution in [3.05, 3.63) is 47.3 Å². The van der Waals surface area contributed by atoms with Gasteiger partial charge < -0.3 is 15.0 Å². The van der Waals surface area contributed by atoms with Gasteiger partial charge in [0.15, 0.2) is 11.0 Å². The lowest BCUT2D eigenvalue weighted by Gasteiger charge is -2.28. The highest BCUT2D eigenvalue weighted by atomic mass is 32.1.